The zero-order chi connectivity index (χ0) is 15.0. The lowest BCUT2D eigenvalue weighted by molar-refractivity contribution is 0.546. The Bertz CT molecular complexity index is 758. The summed E-state index contributed by atoms with van der Waals surface area (Å²) in [7, 11) is 0. The summed E-state index contributed by atoms with van der Waals surface area (Å²) in [5, 5.41) is 8.94. The molecule has 0 fully saturated rings. The molecular weight excluding hydrogens is 282 g/mol. The Morgan fingerprint density at radius 2 is 2.00 bits per heavy atom. The second kappa shape index (κ2) is 5.44. The summed E-state index contributed by atoms with van der Waals surface area (Å²) >= 11 is 1.68. The topological polar surface area (TPSA) is 55.6 Å². The van der Waals surface area contributed by atoms with Gasteiger partial charge < -0.3 is 5.32 Å². The monoisotopic (exact) mass is 301 g/mol. The highest BCUT2D eigenvalue weighted by atomic mass is 32.1. The fourth-order valence-corrected chi connectivity index (χ4v) is 3.25. The standard InChI is InChI=1S/C15H19N5S/c1-9(2)20-15-12(6-18-20)5-13(7-16-15)19-11(4)14-10(3)17-8-21-14/h5-9,11,19H,1-4H3. The Morgan fingerprint density at radius 1 is 1.19 bits per heavy atom. The number of thiazole rings is 1. The van der Waals surface area contributed by atoms with E-state index in [4.69, 9.17) is 0 Å². The molecule has 6 heteroatoms. The number of hydrogen-bond donors (Lipinski definition) is 1. The van der Waals surface area contributed by atoms with Gasteiger partial charge in [0.2, 0.25) is 0 Å². The zero-order valence-corrected chi connectivity index (χ0v) is 13.5. The van der Waals surface area contributed by atoms with Crippen molar-refractivity contribution >= 4 is 28.1 Å². The van der Waals surface area contributed by atoms with Gasteiger partial charge >= 0.3 is 0 Å². The third-order valence-electron chi connectivity index (χ3n) is 3.48. The van der Waals surface area contributed by atoms with Crippen LogP contribution in [0.2, 0.25) is 0 Å². The average molecular weight is 301 g/mol. The van der Waals surface area contributed by atoms with Crippen molar-refractivity contribution in [3.63, 3.8) is 0 Å². The summed E-state index contributed by atoms with van der Waals surface area (Å²) in [5.74, 6) is 0. The summed E-state index contributed by atoms with van der Waals surface area (Å²) in [6.45, 7) is 8.39. The van der Waals surface area contributed by atoms with Crippen molar-refractivity contribution in [1.82, 2.24) is 19.7 Å². The fraction of sp³-hybridized carbons (Fsp3) is 0.400. The molecule has 0 aliphatic rings. The molecule has 1 atom stereocenters. The normalized spacial score (nSPS) is 13.0. The van der Waals surface area contributed by atoms with Crippen molar-refractivity contribution in [3.05, 3.63) is 34.5 Å². The summed E-state index contributed by atoms with van der Waals surface area (Å²) < 4.78 is 1.94. The van der Waals surface area contributed by atoms with Crippen LogP contribution in [0.3, 0.4) is 0 Å². The third kappa shape index (κ3) is 2.63. The second-order valence-corrected chi connectivity index (χ2v) is 6.37. The van der Waals surface area contributed by atoms with E-state index in [1.165, 1.54) is 4.88 Å². The van der Waals surface area contributed by atoms with Crippen molar-refractivity contribution in [2.75, 3.05) is 5.32 Å². The number of rotatable bonds is 4. The van der Waals surface area contributed by atoms with Crippen molar-refractivity contribution < 1.29 is 0 Å². The molecule has 0 aliphatic carbocycles. The molecule has 3 aromatic rings. The van der Waals surface area contributed by atoms with E-state index in [1.807, 2.05) is 29.5 Å². The SMILES string of the molecule is Cc1ncsc1C(C)Nc1cnc2c(cnn2C(C)C)c1. The molecule has 110 valence electrons. The first-order valence-electron chi connectivity index (χ1n) is 7.06. The van der Waals surface area contributed by atoms with Crippen LogP contribution in [0.5, 0.6) is 0 Å². The lowest BCUT2D eigenvalue weighted by atomic mass is 10.2. The van der Waals surface area contributed by atoms with Gasteiger partial charge in [0.1, 0.15) is 0 Å². The first-order valence-corrected chi connectivity index (χ1v) is 7.94. The van der Waals surface area contributed by atoms with Crippen molar-refractivity contribution in [2.24, 2.45) is 0 Å². The maximum atomic E-state index is 4.54. The Kier molecular flexibility index (Phi) is 3.63. The maximum absolute atomic E-state index is 4.54. The number of pyridine rings is 1. The minimum atomic E-state index is 0.219. The highest BCUT2D eigenvalue weighted by molar-refractivity contribution is 7.09. The lowest BCUT2D eigenvalue weighted by Crippen LogP contribution is -2.07. The van der Waals surface area contributed by atoms with Crippen LogP contribution < -0.4 is 5.32 Å². The second-order valence-electron chi connectivity index (χ2n) is 5.49. The highest BCUT2D eigenvalue weighted by Crippen LogP contribution is 2.26. The molecule has 0 radical (unpaired) electrons. The van der Waals surface area contributed by atoms with Crippen molar-refractivity contribution in [3.8, 4) is 0 Å². The quantitative estimate of drug-likeness (QED) is 0.792. The van der Waals surface area contributed by atoms with Crippen LogP contribution in [0.25, 0.3) is 11.0 Å². The van der Waals surface area contributed by atoms with E-state index in [2.05, 4.69) is 47.2 Å². The van der Waals surface area contributed by atoms with Crippen LogP contribution in [0, 0.1) is 6.92 Å². The van der Waals surface area contributed by atoms with Crippen LogP contribution in [0.4, 0.5) is 5.69 Å². The van der Waals surface area contributed by atoms with Gasteiger partial charge in [-0.2, -0.15) is 5.10 Å². The first-order chi connectivity index (χ1) is 10.1. The molecule has 0 spiro atoms. The largest absolute Gasteiger partial charge is 0.376 e. The third-order valence-corrected chi connectivity index (χ3v) is 4.60. The Morgan fingerprint density at radius 3 is 2.67 bits per heavy atom. The number of nitrogens with zero attached hydrogens (tertiary/aromatic N) is 4. The molecule has 3 heterocycles. The zero-order valence-electron chi connectivity index (χ0n) is 12.7. The Balaban J connectivity index is 1.87. The van der Waals surface area contributed by atoms with Crippen LogP contribution in [0.1, 0.15) is 43.4 Å². The Labute approximate surface area is 128 Å². The van der Waals surface area contributed by atoms with E-state index in [0.717, 1.165) is 22.4 Å². The van der Waals surface area contributed by atoms with Gasteiger partial charge in [0, 0.05) is 16.3 Å². The van der Waals surface area contributed by atoms with Gasteiger partial charge in [-0.05, 0) is 33.8 Å². The van der Waals surface area contributed by atoms with Gasteiger partial charge in [0.15, 0.2) is 5.65 Å². The van der Waals surface area contributed by atoms with Gasteiger partial charge in [-0.3, -0.25) is 0 Å². The minimum absolute atomic E-state index is 0.219. The van der Waals surface area contributed by atoms with Crippen LogP contribution in [-0.2, 0) is 0 Å². The van der Waals surface area contributed by atoms with Crippen molar-refractivity contribution in [1.29, 1.82) is 0 Å². The Hall–Kier alpha value is -1.95. The molecule has 1 unspecified atom stereocenters. The smallest absolute Gasteiger partial charge is 0.158 e. The number of aryl methyl sites for hydroxylation is 1. The number of aromatic nitrogens is 4. The van der Waals surface area contributed by atoms with Crippen LogP contribution in [-0.4, -0.2) is 19.7 Å². The van der Waals surface area contributed by atoms with E-state index in [-0.39, 0.29) is 6.04 Å². The summed E-state index contributed by atoms with van der Waals surface area (Å²) in [4.78, 5) is 10.1. The molecule has 21 heavy (non-hydrogen) atoms. The molecule has 1 N–H and O–H groups in total. The van der Waals surface area contributed by atoms with E-state index in [1.54, 1.807) is 11.3 Å². The van der Waals surface area contributed by atoms with Gasteiger partial charge in [-0.15, -0.1) is 11.3 Å². The van der Waals surface area contributed by atoms with Crippen LogP contribution >= 0.6 is 11.3 Å². The van der Waals surface area contributed by atoms with E-state index < -0.39 is 0 Å². The number of fused-ring (bicyclic) bond motifs is 1. The summed E-state index contributed by atoms with van der Waals surface area (Å²) in [5.41, 5.74) is 4.90. The molecule has 3 aromatic heterocycles. The number of anilines is 1. The van der Waals surface area contributed by atoms with Gasteiger partial charge in [-0.1, -0.05) is 0 Å². The minimum Gasteiger partial charge on any atom is -0.376 e. The summed E-state index contributed by atoms with van der Waals surface area (Å²) in [6, 6.07) is 2.63. The lowest BCUT2D eigenvalue weighted by Gasteiger charge is -2.14. The van der Waals surface area contributed by atoms with E-state index in [9.17, 15) is 0 Å². The number of hydrogen-bond acceptors (Lipinski definition) is 5. The molecule has 0 saturated carbocycles. The molecule has 0 saturated heterocycles. The van der Waals surface area contributed by atoms with E-state index in [0.29, 0.717) is 6.04 Å². The fourth-order valence-electron chi connectivity index (χ4n) is 2.44. The van der Waals surface area contributed by atoms with Gasteiger partial charge in [-0.25, -0.2) is 14.6 Å². The highest BCUT2D eigenvalue weighted by Gasteiger charge is 2.12. The molecule has 5 nitrogen and oxygen atoms in total. The van der Waals surface area contributed by atoms with Crippen molar-refractivity contribution in [2.45, 2.75) is 39.8 Å². The first kappa shape index (κ1) is 14.0. The predicted molar refractivity (Wildman–Crippen MR) is 86.8 cm³/mol. The maximum Gasteiger partial charge on any atom is 0.158 e. The van der Waals surface area contributed by atoms with E-state index >= 15 is 0 Å². The predicted octanol–water partition coefficient (Wildman–Crippen LogP) is 3.95. The molecule has 0 aliphatic heterocycles. The average Bonchev–Trinajstić information content (AvgIpc) is 3.04. The van der Waals surface area contributed by atoms with Crippen LogP contribution in [0.15, 0.2) is 24.0 Å². The number of nitrogens with one attached hydrogen (secondary N) is 1. The molecule has 0 bridgehead atoms. The molecular formula is C15H19N5S. The van der Waals surface area contributed by atoms with Gasteiger partial charge in [0.05, 0.1) is 35.3 Å². The molecule has 0 amide bonds. The molecule has 0 aromatic carbocycles. The molecule has 3 rings (SSSR count). The van der Waals surface area contributed by atoms with Gasteiger partial charge in [0.25, 0.3) is 0 Å². The summed E-state index contributed by atoms with van der Waals surface area (Å²) in [6.07, 6.45) is 3.74.